The van der Waals surface area contributed by atoms with Crippen molar-refractivity contribution in [3.63, 3.8) is 0 Å². The number of nitrogens with one attached hydrogen (secondary N) is 1. The molecule has 18 heavy (non-hydrogen) atoms. The molecule has 0 aliphatic heterocycles. The van der Waals surface area contributed by atoms with Crippen molar-refractivity contribution in [1.82, 2.24) is 0 Å². The number of hydrogen-bond donors (Lipinski definition) is 1. The van der Waals surface area contributed by atoms with Gasteiger partial charge in [-0.2, -0.15) is 17.0 Å². The normalized spacial score (nSPS) is 9.83. The number of amides is 1. The van der Waals surface area contributed by atoms with Crippen LogP contribution in [0.1, 0.15) is 24.0 Å². The molecule has 0 radical (unpaired) electrons. The van der Waals surface area contributed by atoms with Crippen LogP contribution in [-0.2, 0) is 4.79 Å². The molecule has 3 nitrogen and oxygen atoms in total. The maximum Gasteiger partial charge on any atom is 0.234 e. The average Bonchev–Trinajstić information content (AvgIpc) is 2.32. The van der Waals surface area contributed by atoms with Crippen molar-refractivity contribution in [3.05, 3.63) is 29.3 Å². The first-order chi connectivity index (χ1) is 8.63. The minimum absolute atomic E-state index is 0.0175. The van der Waals surface area contributed by atoms with Crippen molar-refractivity contribution in [1.29, 1.82) is 5.26 Å². The summed E-state index contributed by atoms with van der Waals surface area (Å²) in [4.78, 5) is 11.7. The Bertz CT molecular complexity index is 452. The van der Waals surface area contributed by atoms with E-state index in [1.165, 1.54) is 5.56 Å². The molecule has 4 heteroatoms. The third kappa shape index (κ3) is 5.24. The molecule has 0 saturated carbocycles. The first-order valence-electron chi connectivity index (χ1n) is 5.95. The van der Waals surface area contributed by atoms with E-state index in [2.05, 4.69) is 17.5 Å². The lowest BCUT2D eigenvalue weighted by Gasteiger charge is -2.08. The molecule has 0 heterocycles. The van der Waals surface area contributed by atoms with Crippen LogP contribution >= 0.6 is 11.8 Å². The van der Waals surface area contributed by atoms with Crippen LogP contribution in [0, 0.1) is 25.2 Å². The number of benzene rings is 1. The van der Waals surface area contributed by atoms with Gasteiger partial charge in [0.05, 0.1) is 11.8 Å². The van der Waals surface area contributed by atoms with Gasteiger partial charge in [0.25, 0.3) is 0 Å². The van der Waals surface area contributed by atoms with E-state index in [9.17, 15) is 4.79 Å². The molecule has 0 fully saturated rings. The zero-order chi connectivity index (χ0) is 13.4. The van der Waals surface area contributed by atoms with Crippen molar-refractivity contribution in [3.8, 4) is 6.07 Å². The fraction of sp³-hybridized carbons (Fsp3) is 0.429. The Kier molecular flexibility index (Phi) is 6.31. The van der Waals surface area contributed by atoms with Crippen LogP contribution in [0.2, 0.25) is 0 Å². The van der Waals surface area contributed by atoms with Gasteiger partial charge in [0, 0.05) is 12.1 Å². The number of unbranched alkanes of at least 4 members (excludes halogenated alkanes) is 1. The first-order valence-corrected chi connectivity index (χ1v) is 7.10. The second kappa shape index (κ2) is 7.78. The second-order valence-corrected chi connectivity index (χ2v) is 5.29. The largest absolute Gasteiger partial charge is 0.325 e. The van der Waals surface area contributed by atoms with E-state index in [1.54, 1.807) is 11.8 Å². The summed E-state index contributed by atoms with van der Waals surface area (Å²) < 4.78 is 0. The number of nitrogens with zero attached hydrogens (tertiary/aromatic N) is 1. The van der Waals surface area contributed by atoms with Gasteiger partial charge in [-0.15, -0.1) is 0 Å². The van der Waals surface area contributed by atoms with Crippen LogP contribution in [0.3, 0.4) is 0 Å². The van der Waals surface area contributed by atoms with E-state index in [4.69, 9.17) is 5.26 Å². The number of nitriles is 1. The summed E-state index contributed by atoms with van der Waals surface area (Å²) in [5.41, 5.74) is 3.15. The summed E-state index contributed by atoms with van der Waals surface area (Å²) in [6.45, 7) is 4.02. The van der Waals surface area contributed by atoms with Gasteiger partial charge in [0.2, 0.25) is 5.91 Å². The van der Waals surface area contributed by atoms with E-state index in [-0.39, 0.29) is 5.91 Å². The van der Waals surface area contributed by atoms with E-state index < -0.39 is 0 Å². The molecule has 0 atom stereocenters. The van der Waals surface area contributed by atoms with Gasteiger partial charge in [0.15, 0.2) is 0 Å². The van der Waals surface area contributed by atoms with E-state index in [0.717, 1.165) is 23.4 Å². The predicted molar refractivity (Wildman–Crippen MR) is 76.7 cm³/mol. The molecular formula is C14H18N2OS. The Morgan fingerprint density at radius 3 is 2.89 bits per heavy atom. The lowest BCUT2D eigenvalue weighted by atomic mass is 10.1. The maximum atomic E-state index is 11.7. The molecule has 0 unspecified atom stereocenters. The van der Waals surface area contributed by atoms with Crippen LogP contribution in [-0.4, -0.2) is 17.4 Å². The van der Waals surface area contributed by atoms with Gasteiger partial charge in [-0.1, -0.05) is 17.7 Å². The zero-order valence-electron chi connectivity index (χ0n) is 10.8. The number of hydrogen-bond acceptors (Lipinski definition) is 3. The summed E-state index contributed by atoms with van der Waals surface area (Å²) >= 11 is 1.57. The molecule has 0 saturated heterocycles. The van der Waals surface area contributed by atoms with Gasteiger partial charge in [-0.3, -0.25) is 4.79 Å². The Labute approximate surface area is 113 Å². The summed E-state index contributed by atoms with van der Waals surface area (Å²) in [6.07, 6.45) is 1.41. The summed E-state index contributed by atoms with van der Waals surface area (Å²) in [7, 11) is 0. The number of carbonyl (C=O) groups excluding carboxylic acids is 1. The fourth-order valence-corrected chi connectivity index (χ4v) is 2.31. The highest BCUT2D eigenvalue weighted by atomic mass is 32.2. The van der Waals surface area contributed by atoms with E-state index in [1.807, 2.05) is 26.0 Å². The smallest absolute Gasteiger partial charge is 0.234 e. The van der Waals surface area contributed by atoms with Crippen LogP contribution in [0.5, 0.6) is 0 Å². The van der Waals surface area contributed by atoms with Crippen molar-refractivity contribution >= 4 is 23.4 Å². The van der Waals surface area contributed by atoms with Crippen molar-refractivity contribution in [2.75, 3.05) is 16.8 Å². The fourth-order valence-electron chi connectivity index (χ4n) is 1.56. The SMILES string of the molecule is Cc1ccc(NC(=O)CSCCCC#N)c(C)c1. The highest BCUT2D eigenvalue weighted by Crippen LogP contribution is 2.16. The average molecular weight is 262 g/mol. The standard InChI is InChI=1S/C14H18N2OS/c1-11-5-6-13(12(2)9-11)16-14(17)10-18-8-4-3-7-15/h5-6,9H,3-4,8,10H2,1-2H3,(H,16,17). The molecular weight excluding hydrogens is 244 g/mol. The zero-order valence-corrected chi connectivity index (χ0v) is 11.6. The molecule has 0 bridgehead atoms. The highest BCUT2D eigenvalue weighted by Gasteiger charge is 2.04. The molecule has 1 amide bonds. The van der Waals surface area contributed by atoms with Crippen LogP contribution < -0.4 is 5.32 Å². The minimum Gasteiger partial charge on any atom is -0.325 e. The Hall–Kier alpha value is -1.47. The summed E-state index contributed by atoms with van der Waals surface area (Å²) in [5.74, 6) is 1.32. The maximum absolute atomic E-state index is 11.7. The molecule has 96 valence electrons. The second-order valence-electron chi connectivity index (χ2n) is 4.18. The number of rotatable bonds is 6. The van der Waals surface area contributed by atoms with E-state index in [0.29, 0.717) is 12.2 Å². The lowest BCUT2D eigenvalue weighted by molar-refractivity contribution is -0.113. The number of thioether (sulfide) groups is 1. The minimum atomic E-state index is 0.0175. The molecule has 0 aromatic heterocycles. The number of aryl methyl sites for hydroxylation is 2. The summed E-state index contributed by atoms with van der Waals surface area (Å²) in [6, 6.07) is 8.07. The molecule has 1 aromatic rings. The third-order valence-corrected chi connectivity index (χ3v) is 3.51. The molecule has 0 aliphatic rings. The lowest BCUT2D eigenvalue weighted by Crippen LogP contribution is -2.15. The third-order valence-electron chi connectivity index (χ3n) is 2.47. The molecule has 1 rings (SSSR count). The molecule has 1 N–H and O–H groups in total. The van der Waals surface area contributed by atoms with Crippen molar-refractivity contribution in [2.24, 2.45) is 0 Å². The topological polar surface area (TPSA) is 52.9 Å². The Morgan fingerprint density at radius 2 is 2.22 bits per heavy atom. The van der Waals surface area contributed by atoms with Crippen molar-refractivity contribution < 1.29 is 4.79 Å². The summed E-state index contributed by atoms with van der Waals surface area (Å²) in [5, 5.41) is 11.3. The van der Waals surface area contributed by atoms with Crippen LogP contribution in [0.25, 0.3) is 0 Å². The van der Waals surface area contributed by atoms with Crippen molar-refractivity contribution in [2.45, 2.75) is 26.7 Å². The number of carbonyl (C=O) groups is 1. The highest BCUT2D eigenvalue weighted by molar-refractivity contribution is 7.99. The predicted octanol–water partition coefficient (Wildman–Crippen LogP) is 3.28. The van der Waals surface area contributed by atoms with Crippen LogP contribution in [0.4, 0.5) is 5.69 Å². The van der Waals surface area contributed by atoms with Crippen LogP contribution in [0.15, 0.2) is 18.2 Å². The van der Waals surface area contributed by atoms with Gasteiger partial charge in [-0.05, 0) is 37.7 Å². The Balaban J connectivity index is 2.34. The monoisotopic (exact) mass is 262 g/mol. The molecule has 1 aromatic carbocycles. The quantitative estimate of drug-likeness (QED) is 0.800. The first kappa shape index (κ1) is 14.6. The van der Waals surface area contributed by atoms with E-state index >= 15 is 0 Å². The van der Waals surface area contributed by atoms with Gasteiger partial charge < -0.3 is 5.32 Å². The number of anilines is 1. The molecule has 0 aliphatic carbocycles. The van der Waals surface area contributed by atoms with Gasteiger partial charge in [0.1, 0.15) is 0 Å². The molecule has 0 spiro atoms. The Morgan fingerprint density at radius 1 is 1.44 bits per heavy atom. The van der Waals surface area contributed by atoms with Gasteiger partial charge in [-0.25, -0.2) is 0 Å². The van der Waals surface area contributed by atoms with Gasteiger partial charge >= 0.3 is 0 Å².